The predicted molar refractivity (Wildman–Crippen MR) is 101 cm³/mol. The molecule has 1 saturated heterocycles. The molecule has 26 heavy (non-hydrogen) atoms. The maximum absolute atomic E-state index is 12.3. The van der Waals surface area contributed by atoms with Crippen molar-refractivity contribution in [1.82, 2.24) is 9.62 Å². The molecule has 1 N–H and O–H groups in total. The summed E-state index contributed by atoms with van der Waals surface area (Å²) in [7, 11) is -4.14. The highest BCUT2D eigenvalue weighted by Gasteiger charge is 2.27. The SMILES string of the molecule is CC(OC(=O)CNS(=O)(=O)c1c(Cl)cc(Br)cc1Cl)C(=O)N1CCCC1. The van der Waals surface area contributed by atoms with Crippen molar-refractivity contribution in [2.75, 3.05) is 19.6 Å². The third kappa shape index (κ3) is 5.32. The smallest absolute Gasteiger partial charge is 0.321 e. The Kier molecular flexibility index (Phi) is 7.32. The molecule has 2 rings (SSSR count). The maximum Gasteiger partial charge on any atom is 0.321 e. The fraction of sp³-hybridized carbons (Fsp3) is 0.467. The number of carbonyl (C=O) groups is 2. The molecule has 0 spiro atoms. The summed E-state index contributed by atoms with van der Waals surface area (Å²) in [5.41, 5.74) is 0. The standard InChI is InChI=1S/C15H17BrCl2N2O5S/c1-9(15(22)20-4-2-3-5-20)25-13(21)8-19-26(23,24)14-11(17)6-10(16)7-12(14)18/h6-7,9,19H,2-5,8H2,1H3. The fourth-order valence-corrected chi connectivity index (χ4v) is 5.40. The molecule has 0 aromatic heterocycles. The number of hydrogen-bond acceptors (Lipinski definition) is 5. The summed E-state index contributed by atoms with van der Waals surface area (Å²) in [4.78, 5) is 25.3. The largest absolute Gasteiger partial charge is 0.452 e. The van der Waals surface area contributed by atoms with E-state index in [-0.39, 0.29) is 20.8 Å². The Labute approximate surface area is 170 Å². The Bertz CT molecular complexity index is 789. The van der Waals surface area contributed by atoms with Crippen LogP contribution in [-0.4, -0.2) is 50.9 Å². The first-order valence-electron chi connectivity index (χ1n) is 7.74. The van der Waals surface area contributed by atoms with Gasteiger partial charge in [-0.05, 0) is 31.9 Å². The van der Waals surface area contributed by atoms with Crippen molar-refractivity contribution in [3.05, 3.63) is 26.7 Å². The second-order valence-corrected chi connectivity index (χ2v) is 9.12. The van der Waals surface area contributed by atoms with Crippen LogP contribution in [0.15, 0.2) is 21.5 Å². The Hall–Kier alpha value is -0.870. The molecule has 1 unspecified atom stereocenters. The molecule has 0 aliphatic carbocycles. The third-order valence-electron chi connectivity index (χ3n) is 3.71. The zero-order chi connectivity index (χ0) is 19.5. The van der Waals surface area contributed by atoms with Crippen LogP contribution in [0.2, 0.25) is 10.0 Å². The molecule has 1 fully saturated rings. The van der Waals surface area contributed by atoms with Crippen molar-refractivity contribution in [2.45, 2.75) is 30.8 Å². The average Bonchev–Trinajstić information content (AvgIpc) is 3.05. The number of carbonyl (C=O) groups excluding carboxylic acids is 2. The Balaban J connectivity index is 1.97. The van der Waals surface area contributed by atoms with Crippen LogP contribution >= 0.6 is 39.1 Å². The number of rotatable bonds is 6. The summed E-state index contributed by atoms with van der Waals surface area (Å²) in [6, 6.07) is 2.74. The van der Waals surface area contributed by atoms with Gasteiger partial charge in [0.1, 0.15) is 11.4 Å². The van der Waals surface area contributed by atoms with Gasteiger partial charge in [-0.15, -0.1) is 0 Å². The van der Waals surface area contributed by atoms with Gasteiger partial charge in [0.25, 0.3) is 5.91 Å². The minimum absolute atomic E-state index is 0.0946. The van der Waals surface area contributed by atoms with Gasteiger partial charge in [0.2, 0.25) is 10.0 Å². The molecule has 0 radical (unpaired) electrons. The highest BCUT2D eigenvalue weighted by atomic mass is 79.9. The molecule has 11 heteroatoms. The van der Waals surface area contributed by atoms with Crippen LogP contribution in [0.3, 0.4) is 0 Å². The second kappa shape index (κ2) is 8.88. The van der Waals surface area contributed by atoms with Crippen LogP contribution in [0, 0.1) is 0 Å². The Morgan fingerprint density at radius 3 is 2.35 bits per heavy atom. The fourth-order valence-electron chi connectivity index (χ4n) is 2.50. The monoisotopic (exact) mass is 486 g/mol. The topological polar surface area (TPSA) is 92.8 Å². The molecule has 1 aromatic carbocycles. The number of ether oxygens (including phenoxy) is 1. The lowest BCUT2D eigenvalue weighted by molar-refractivity contribution is -0.157. The molecule has 0 bridgehead atoms. The van der Waals surface area contributed by atoms with Crippen LogP contribution in [0.1, 0.15) is 19.8 Å². The summed E-state index contributed by atoms with van der Waals surface area (Å²) in [6.07, 6.45) is 0.854. The quantitative estimate of drug-likeness (QED) is 0.622. The van der Waals surface area contributed by atoms with E-state index >= 15 is 0 Å². The number of nitrogens with one attached hydrogen (secondary N) is 1. The van der Waals surface area contributed by atoms with E-state index in [0.717, 1.165) is 12.8 Å². The third-order valence-corrected chi connectivity index (χ3v) is 6.49. The molecule has 1 amide bonds. The van der Waals surface area contributed by atoms with Crippen LogP contribution in [-0.2, 0) is 24.3 Å². The zero-order valence-electron chi connectivity index (χ0n) is 13.8. The van der Waals surface area contributed by atoms with E-state index < -0.39 is 28.6 Å². The lowest BCUT2D eigenvalue weighted by Gasteiger charge is -2.20. The number of likely N-dealkylation sites (tertiary alicyclic amines) is 1. The van der Waals surface area contributed by atoms with Gasteiger partial charge >= 0.3 is 5.97 Å². The number of hydrogen-bond donors (Lipinski definition) is 1. The second-order valence-electron chi connectivity index (χ2n) is 5.69. The number of benzene rings is 1. The van der Waals surface area contributed by atoms with Crippen molar-refractivity contribution in [1.29, 1.82) is 0 Å². The van der Waals surface area contributed by atoms with E-state index in [1.807, 2.05) is 0 Å². The number of amides is 1. The number of esters is 1. The highest BCUT2D eigenvalue weighted by molar-refractivity contribution is 9.10. The van der Waals surface area contributed by atoms with Gasteiger partial charge in [0.15, 0.2) is 6.10 Å². The van der Waals surface area contributed by atoms with E-state index in [1.54, 1.807) is 4.90 Å². The van der Waals surface area contributed by atoms with E-state index in [4.69, 9.17) is 27.9 Å². The van der Waals surface area contributed by atoms with Gasteiger partial charge in [-0.1, -0.05) is 39.1 Å². The molecule has 1 aliphatic rings. The summed E-state index contributed by atoms with van der Waals surface area (Å²) in [5.74, 6) is -1.17. The highest BCUT2D eigenvalue weighted by Crippen LogP contribution is 2.32. The molecule has 1 heterocycles. The lowest BCUT2D eigenvalue weighted by atomic mass is 10.3. The van der Waals surface area contributed by atoms with Gasteiger partial charge in [0.05, 0.1) is 10.0 Å². The number of halogens is 3. The first-order valence-corrected chi connectivity index (χ1v) is 10.8. The van der Waals surface area contributed by atoms with Gasteiger partial charge in [-0.2, -0.15) is 4.72 Å². The molecular weight excluding hydrogens is 471 g/mol. The van der Waals surface area contributed by atoms with E-state index in [1.165, 1.54) is 19.1 Å². The minimum Gasteiger partial charge on any atom is -0.452 e. The minimum atomic E-state index is -4.14. The predicted octanol–water partition coefficient (Wildman–Crippen LogP) is 2.59. The molecule has 1 aliphatic heterocycles. The van der Waals surface area contributed by atoms with Crippen LogP contribution in [0.25, 0.3) is 0 Å². The van der Waals surface area contributed by atoms with E-state index in [9.17, 15) is 18.0 Å². The first kappa shape index (κ1) is 21.4. The van der Waals surface area contributed by atoms with Crippen molar-refractivity contribution in [2.24, 2.45) is 0 Å². The van der Waals surface area contributed by atoms with Crippen LogP contribution in [0.4, 0.5) is 0 Å². The Morgan fingerprint density at radius 2 is 1.81 bits per heavy atom. The molecule has 7 nitrogen and oxygen atoms in total. The van der Waals surface area contributed by atoms with E-state index in [2.05, 4.69) is 20.7 Å². The normalized spacial score (nSPS) is 15.8. The molecule has 0 saturated carbocycles. The van der Waals surface area contributed by atoms with Gasteiger partial charge in [-0.3, -0.25) is 9.59 Å². The van der Waals surface area contributed by atoms with Crippen molar-refractivity contribution in [3.63, 3.8) is 0 Å². The van der Waals surface area contributed by atoms with Crippen LogP contribution in [0.5, 0.6) is 0 Å². The molecule has 1 atom stereocenters. The molecule has 1 aromatic rings. The summed E-state index contributed by atoms with van der Waals surface area (Å²) in [6.45, 7) is 2.07. The lowest BCUT2D eigenvalue weighted by Crippen LogP contribution is -2.40. The Morgan fingerprint density at radius 1 is 1.27 bits per heavy atom. The summed E-state index contributed by atoms with van der Waals surface area (Å²) < 4.78 is 32.3. The van der Waals surface area contributed by atoms with Crippen molar-refractivity contribution >= 4 is 61.0 Å². The summed E-state index contributed by atoms with van der Waals surface area (Å²) >= 11 is 15.0. The van der Waals surface area contributed by atoms with Gasteiger partial charge < -0.3 is 9.64 Å². The van der Waals surface area contributed by atoms with Crippen molar-refractivity contribution < 1.29 is 22.7 Å². The molecular formula is C15H17BrCl2N2O5S. The first-order chi connectivity index (χ1) is 12.1. The average molecular weight is 488 g/mol. The van der Waals surface area contributed by atoms with Crippen molar-refractivity contribution in [3.8, 4) is 0 Å². The summed E-state index contributed by atoms with van der Waals surface area (Å²) in [5, 5.41) is -0.189. The number of nitrogens with zero attached hydrogens (tertiary/aromatic N) is 1. The maximum atomic E-state index is 12.3. The molecule has 144 valence electrons. The van der Waals surface area contributed by atoms with Gasteiger partial charge in [-0.25, -0.2) is 8.42 Å². The van der Waals surface area contributed by atoms with Crippen LogP contribution < -0.4 is 4.72 Å². The van der Waals surface area contributed by atoms with E-state index in [0.29, 0.717) is 17.6 Å². The van der Waals surface area contributed by atoms with Gasteiger partial charge in [0, 0.05) is 17.6 Å². The zero-order valence-corrected chi connectivity index (χ0v) is 17.7. The number of sulfonamides is 1.